The zero-order valence-electron chi connectivity index (χ0n) is 19.7. The Hall–Kier alpha value is -4.54. The quantitative estimate of drug-likeness (QED) is 0.440. The highest BCUT2D eigenvalue weighted by Gasteiger charge is 2.36. The number of carbonyl (C=O) groups is 6. The molecule has 0 radical (unpaired) electrons. The summed E-state index contributed by atoms with van der Waals surface area (Å²) < 4.78 is 5.29. The van der Waals surface area contributed by atoms with Crippen LogP contribution in [0.4, 0.5) is 10.5 Å². The fraction of sp³-hybridized carbons (Fsp3) is 0.308. The predicted molar refractivity (Wildman–Crippen MR) is 127 cm³/mol. The van der Waals surface area contributed by atoms with Crippen LogP contribution in [0.3, 0.4) is 0 Å². The summed E-state index contributed by atoms with van der Waals surface area (Å²) in [6, 6.07) is 5.45. The molecule has 0 aromatic heterocycles. The van der Waals surface area contributed by atoms with Crippen molar-refractivity contribution in [3.8, 4) is 0 Å². The summed E-state index contributed by atoms with van der Waals surface area (Å²) in [5, 5.41) is 3.22. The minimum absolute atomic E-state index is 0.0147. The normalized spacial score (nSPS) is 20.1. The second-order valence-corrected chi connectivity index (χ2v) is 8.90. The molecular weight excluding hydrogens is 482 g/mol. The number of hydrogen-bond donors (Lipinski definition) is 1. The first-order valence-corrected chi connectivity index (χ1v) is 11.9. The smallest absolute Gasteiger partial charge is 0.432 e. The third-order valence-electron chi connectivity index (χ3n) is 6.57. The number of anilines is 1. The maximum absolute atomic E-state index is 12.5. The SMILES string of the molecule is O=C(CCN1C(=O)C=CC1=O)Nc1ccc2c(c1)C(COC(=O)ON1C(=O)CCC1=O)C1=CCCC=C12. The van der Waals surface area contributed by atoms with Crippen LogP contribution in [-0.2, 0) is 33.5 Å². The second-order valence-electron chi connectivity index (χ2n) is 8.90. The molecule has 1 N–H and O–H groups in total. The minimum atomic E-state index is -1.15. The van der Waals surface area contributed by atoms with Gasteiger partial charge in [-0.25, -0.2) is 4.79 Å². The molecular formula is C26H23N3O8. The van der Waals surface area contributed by atoms with Crippen LogP contribution in [0.15, 0.2) is 48.1 Å². The van der Waals surface area contributed by atoms with E-state index >= 15 is 0 Å². The van der Waals surface area contributed by atoms with Gasteiger partial charge in [0.05, 0.1) is 0 Å². The Kier molecular flexibility index (Phi) is 6.43. The lowest BCUT2D eigenvalue weighted by atomic mass is 9.93. The summed E-state index contributed by atoms with van der Waals surface area (Å²) in [6.07, 6.45) is 7.00. The molecule has 1 saturated heterocycles. The minimum Gasteiger partial charge on any atom is -0.432 e. The van der Waals surface area contributed by atoms with Crippen LogP contribution < -0.4 is 5.32 Å². The molecule has 2 aliphatic carbocycles. The highest BCUT2D eigenvalue weighted by molar-refractivity contribution is 6.13. The number of nitrogens with one attached hydrogen (secondary N) is 1. The maximum atomic E-state index is 12.5. The van der Waals surface area contributed by atoms with Gasteiger partial charge < -0.3 is 10.1 Å². The van der Waals surface area contributed by atoms with Crippen LogP contribution in [0.2, 0.25) is 0 Å². The first-order valence-electron chi connectivity index (χ1n) is 11.9. The van der Waals surface area contributed by atoms with Crippen molar-refractivity contribution < 1.29 is 38.3 Å². The van der Waals surface area contributed by atoms with Gasteiger partial charge in [0.25, 0.3) is 23.6 Å². The number of hydroxylamine groups is 2. The summed E-state index contributed by atoms with van der Waals surface area (Å²) in [5.74, 6) is -2.77. The van der Waals surface area contributed by atoms with Gasteiger partial charge in [0.15, 0.2) is 0 Å². The van der Waals surface area contributed by atoms with Gasteiger partial charge in [-0.15, -0.1) is 0 Å². The van der Waals surface area contributed by atoms with Crippen LogP contribution in [0.1, 0.15) is 49.1 Å². The fourth-order valence-corrected chi connectivity index (χ4v) is 4.81. The topological polar surface area (TPSA) is 139 Å². The zero-order chi connectivity index (χ0) is 26.1. The lowest BCUT2D eigenvalue weighted by molar-refractivity contribution is -0.177. The van der Waals surface area contributed by atoms with E-state index in [1.54, 1.807) is 12.1 Å². The van der Waals surface area contributed by atoms with Crippen molar-refractivity contribution in [3.63, 3.8) is 0 Å². The van der Waals surface area contributed by atoms with Gasteiger partial charge in [0, 0.05) is 49.6 Å². The molecule has 1 aromatic carbocycles. The average molecular weight is 505 g/mol. The standard InChI is InChI=1S/C26H23N3O8/c30-21(11-12-28-22(31)7-8-23(28)32)27-15-5-6-18-16-3-1-2-4-17(16)20(19(18)13-15)14-36-26(35)37-29-24(33)9-10-25(29)34/h3-8,13,20H,1-2,9-12,14H2,(H,27,30). The highest BCUT2D eigenvalue weighted by atomic mass is 16.8. The molecule has 37 heavy (non-hydrogen) atoms. The van der Waals surface area contributed by atoms with Gasteiger partial charge in [0.1, 0.15) is 6.61 Å². The number of imide groups is 2. The molecule has 11 nitrogen and oxygen atoms in total. The molecule has 1 atom stereocenters. The van der Waals surface area contributed by atoms with Gasteiger partial charge in [-0.05, 0) is 47.2 Å². The Morgan fingerprint density at radius 1 is 0.973 bits per heavy atom. The van der Waals surface area contributed by atoms with Gasteiger partial charge in [-0.2, -0.15) is 0 Å². The van der Waals surface area contributed by atoms with Crippen LogP contribution in [-0.4, -0.2) is 58.8 Å². The fourth-order valence-electron chi connectivity index (χ4n) is 4.81. The van der Waals surface area contributed by atoms with Crippen molar-refractivity contribution in [2.24, 2.45) is 0 Å². The van der Waals surface area contributed by atoms with Crippen molar-refractivity contribution in [2.75, 3.05) is 18.5 Å². The van der Waals surface area contributed by atoms with Gasteiger partial charge >= 0.3 is 6.16 Å². The summed E-state index contributed by atoms with van der Waals surface area (Å²) in [4.78, 5) is 77.3. The number of benzene rings is 1. The Labute approximate surface area is 211 Å². The van der Waals surface area contributed by atoms with Crippen molar-refractivity contribution in [1.29, 1.82) is 0 Å². The summed E-state index contributed by atoms with van der Waals surface area (Å²) >= 11 is 0. The van der Waals surface area contributed by atoms with E-state index in [1.165, 1.54) is 12.2 Å². The van der Waals surface area contributed by atoms with Crippen LogP contribution in [0.25, 0.3) is 5.57 Å². The van der Waals surface area contributed by atoms with Gasteiger partial charge in [-0.3, -0.25) is 33.7 Å². The van der Waals surface area contributed by atoms with E-state index in [0.717, 1.165) is 40.0 Å². The van der Waals surface area contributed by atoms with Crippen LogP contribution in [0.5, 0.6) is 0 Å². The van der Waals surface area contributed by atoms with E-state index < -0.39 is 29.8 Å². The summed E-state index contributed by atoms with van der Waals surface area (Å²) in [5.41, 5.74) is 4.33. The lowest BCUT2D eigenvalue weighted by Crippen LogP contribution is -2.33. The molecule has 0 bridgehead atoms. The zero-order valence-corrected chi connectivity index (χ0v) is 19.7. The largest absolute Gasteiger partial charge is 0.533 e. The van der Waals surface area contributed by atoms with Gasteiger partial charge in [0.2, 0.25) is 5.91 Å². The Bertz CT molecular complexity index is 1290. The van der Waals surface area contributed by atoms with E-state index in [1.807, 2.05) is 6.07 Å². The number of carbonyl (C=O) groups excluding carboxylic acids is 6. The number of nitrogens with zero attached hydrogens (tertiary/aromatic N) is 2. The van der Waals surface area contributed by atoms with Crippen LogP contribution >= 0.6 is 0 Å². The maximum Gasteiger partial charge on any atom is 0.533 e. The molecule has 190 valence electrons. The lowest BCUT2D eigenvalue weighted by Gasteiger charge is -2.18. The molecule has 1 unspecified atom stereocenters. The first-order chi connectivity index (χ1) is 17.8. The Morgan fingerprint density at radius 2 is 1.68 bits per heavy atom. The molecule has 0 spiro atoms. The summed E-state index contributed by atoms with van der Waals surface area (Å²) in [7, 11) is 0. The van der Waals surface area contributed by atoms with Crippen molar-refractivity contribution in [2.45, 2.75) is 38.0 Å². The Balaban J connectivity index is 1.26. The van der Waals surface area contributed by atoms with E-state index in [-0.39, 0.29) is 44.2 Å². The number of ether oxygens (including phenoxy) is 1. The molecule has 5 amide bonds. The van der Waals surface area contributed by atoms with Crippen molar-refractivity contribution >= 4 is 47.0 Å². The van der Waals surface area contributed by atoms with E-state index in [2.05, 4.69) is 17.5 Å². The number of allylic oxidation sites excluding steroid dienone is 3. The third kappa shape index (κ3) is 4.80. The molecule has 5 rings (SSSR count). The molecule has 4 aliphatic rings. The van der Waals surface area contributed by atoms with E-state index in [0.29, 0.717) is 10.8 Å². The molecule has 0 saturated carbocycles. The molecule has 11 heteroatoms. The van der Waals surface area contributed by atoms with E-state index in [9.17, 15) is 28.8 Å². The Morgan fingerprint density at radius 3 is 2.41 bits per heavy atom. The number of rotatable bonds is 7. The second kappa shape index (κ2) is 9.84. The van der Waals surface area contributed by atoms with E-state index in [4.69, 9.17) is 9.57 Å². The monoisotopic (exact) mass is 505 g/mol. The first kappa shape index (κ1) is 24.2. The third-order valence-corrected chi connectivity index (χ3v) is 6.57. The highest BCUT2D eigenvalue weighted by Crippen LogP contribution is 2.48. The van der Waals surface area contributed by atoms with Crippen molar-refractivity contribution in [3.05, 3.63) is 59.2 Å². The van der Waals surface area contributed by atoms with Gasteiger partial charge in [-0.1, -0.05) is 23.3 Å². The van der Waals surface area contributed by atoms with Crippen molar-refractivity contribution in [1.82, 2.24) is 9.96 Å². The average Bonchev–Trinajstić information content (AvgIpc) is 3.49. The van der Waals surface area contributed by atoms with Crippen LogP contribution in [0, 0.1) is 0 Å². The number of amides is 5. The molecule has 2 heterocycles. The number of fused-ring (bicyclic) bond motifs is 3. The molecule has 1 aromatic rings. The predicted octanol–water partition coefficient (Wildman–Crippen LogP) is 2.36. The molecule has 2 aliphatic heterocycles. The molecule has 1 fully saturated rings. The summed E-state index contributed by atoms with van der Waals surface area (Å²) in [6.45, 7) is -0.114. The number of hydrogen-bond acceptors (Lipinski definition) is 8.